The summed E-state index contributed by atoms with van der Waals surface area (Å²) in [6.45, 7) is 2.45. The van der Waals surface area contributed by atoms with E-state index in [9.17, 15) is 4.79 Å². The number of rotatable bonds is 4. The third-order valence-corrected chi connectivity index (χ3v) is 3.78. The van der Waals surface area contributed by atoms with Crippen LogP contribution in [0.25, 0.3) is 0 Å². The van der Waals surface area contributed by atoms with Crippen molar-refractivity contribution in [1.82, 2.24) is 5.32 Å². The van der Waals surface area contributed by atoms with Gasteiger partial charge in [0.15, 0.2) is 0 Å². The van der Waals surface area contributed by atoms with E-state index in [2.05, 4.69) is 5.32 Å². The Bertz CT molecular complexity index is 429. The van der Waals surface area contributed by atoms with E-state index in [1.54, 1.807) is 12.1 Å². The molecule has 0 bridgehead atoms. The van der Waals surface area contributed by atoms with Crippen molar-refractivity contribution < 1.29 is 4.79 Å². The van der Waals surface area contributed by atoms with Crippen LogP contribution in [0.1, 0.15) is 28.8 Å². The van der Waals surface area contributed by atoms with E-state index < -0.39 is 0 Å². The number of nitrogens with one attached hydrogen (secondary N) is 1. The summed E-state index contributed by atoms with van der Waals surface area (Å²) in [5, 5.41) is 3.36. The maximum Gasteiger partial charge on any atom is 0.252 e. The Morgan fingerprint density at radius 2 is 2.24 bits per heavy atom. The molecule has 92 valence electrons. The van der Waals surface area contributed by atoms with Gasteiger partial charge in [0.05, 0.1) is 16.0 Å². The molecule has 1 amide bonds. The molecule has 1 fully saturated rings. The Morgan fingerprint density at radius 1 is 1.53 bits per heavy atom. The van der Waals surface area contributed by atoms with Crippen LogP contribution in [0, 0.1) is 12.8 Å². The van der Waals surface area contributed by atoms with Crippen LogP contribution >= 0.6 is 23.2 Å². The van der Waals surface area contributed by atoms with E-state index in [0.717, 1.165) is 5.56 Å². The number of aryl methyl sites for hydroxylation is 1. The molecular formula is C13H15Cl2NO. The van der Waals surface area contributed by atoms with Gasteiger partial charge in [-0.2, -0.15) is 0 Å². The number of hydrogen-bond donors (Lipinski definition) is 1. The molecule has 0 aromatic heterocycles. The summed E-state index contributed by atoms with van der Waals surface area (Å²) in [6, 6.07) is 5.41. The average molecular weight is 272 g/mol. The zero-order valence-corrected chi connectivity index (χ0v) is 11.2. The standard InChI is InChI=1S/C13H15Cl2NO/c1-8-2-5-10(11(14)6-8)13(17)16-7-12(15)9-3-4-9/h2,5-6,9,12H,3-4,7H2,1H3,(H,16,17). The number of amides is 1. The van der Waals surface area contributed by atoms with Gasteiger partial charge in [-0.05, 0) is 43.4 Å². The SMILES string of the molecule is Cc1ccc(C(=O)NCC(Cl)C2CC2)c(Cl)c1. The molecule has 1 aliphatic carbocycles. The molecule has 2 nitrogen and oxygen atoms in total. The molecule has 1 unspecified atom stereocenters. The quantitative estimate of drug-likeness (QED) is 0.836. The number of alkyl halides is 1. The Labute approximate surface area is 111 Å². The maximum atomic E-state index is 11.9. The van der Waals surface area contributed by atoms with Crippen LogP contribution in [0.2, 0.25) is 5.02 Å². The van der Waals surface area contributed by atoms with Crippen molar-refractivity contribution in [1.29, 1.82) is 0 Å². The molecular weight excluding hydrogens is 257 g/mol. The lowest BCUT2D eigenvalue weighted by atomic mass is 10.1. The van der Waals surface area contributed by atoms with E-state index in [4.69, 9.17) is 23.2 Å². The van der Waals surface area contributed by atoms with Gasteiger partial charge < -0.3 is 5.32 Å². The van der Waals surface area contributed by atoms with E-state index in [-0.39, 0.29) is 11.3 Å². The zero-order valence-electron chi connectivity index (χ0n) is 9.67. The molecule has 1 saturated carbocycles. The second-order valence-electron chi connectivity index (χ2n) is 4.55. The fraction of sp³-hybridized carbons (Fsp3) is 0.462. The van der Waals surface area contributed by atoms with Crippen LogP contribution < -0.4 is 5.32 Å². The van der Waals surface area contributed by atoms with E-state index >= 15 is 0 Å². The lowest BCUT2D eigenvalue weighted by Gasteiger charge is -2.10. The Morgan fingerprint density at radius 3 is 2.82 bits per heavy atom. The second-order valence-corrected chi connectivity index (χ2v) is 5.51. The molecule has 0 spiro atoms. The first-order chi connectivity index (χ1) is 8.08. The van der Waals surface area contributed by atoms with Gasteiger partial charge in [0.2, 0.25) is 0 Å². The average Bonchev–Trinajstić information content (AvgIpc) is 3.09. The van der Waals surface area contributed by atoms with Gasteiger partial charge in [0.1, 0.15) is 0 Å². The number of carbonyl (C=O) groups excluding carboxylic acids is 1. The molecule has 2 rings (SSSR count). The summed E-state index contributed by atoms with van der Waals surface area (Å²) in [7, 11) is 0. The minimum Gasteiger partial charge on any atom is -0.350 e. The number of hydrogen-bond acceptors (Lipinski definition) is 1. The molecule has 0 heterocycles. The Hall–Kier alpha value is -0.730. The van der Waals surface area contributed by atoms with Crippen LogP contribution in [0.4, 0.5) is 0 Å². The fourth-order valence-corrected chi connectivity index (χ4v) is 2.36. The smallest absolute Gasteiger partial charge is 0.252 e. The first-order valence-corrected chi connectivity index (χ1v) is 6.58. The highest BCUT2D eigenvalue weighted by Crippen LogP contribution is 2.35. The Kier molecular flexibility index (Phi) is 3.95. The highest BCUT2D eigenvalue weighted by atomic mass is 35.5. The molecule has 1 aromatic carbocycles. The third-order valence-electron chi connectivity index (χ3n) is 2.96. The van der Waals surface area contributed by atoms with E-state index in [1.807, 2.05) is 13.0 Å². The van der Waals surface area contributed by atoms with Crippen molar-refractivity contribution in [2.75, 3.05) is 6.54 Å². The number of halogens is 2. The molecule has 0 aliphatic heterocycles. The molecule has 1 aromatic rings. The third kappa shape index (κ3) is 3.36. The van der Waals surface area contributed by atoms with Crippen LogP contribution in [0.5, 0.6) is 0 Å². The van der Waals surface area contributed by atoms with Crippen molar-refractivity contribution in [3.63, 3.8) is 0 Å². The molecule has 1 atom stereocenters. The van der Waals surface area contributed by atoms with Crippen LogP contribution in [-0.2, 0) is 0 Å². The largest absolute Gasteiger partial charge is 0.350 e. The Balaban J connectivity index is 1.94. The molecule has 1 N–H and O–H groups in total. The normalized spacial score (nSPS) is 16.6. The summed E-state index contributed by atoms with van der Waals surface area (Å²) in [4.78, 5) is 11.9. The summed E-state index contributed by atoms with van der Waals surface area (Å²) in [5.41, 5.74) is 1.55. The minimum atomic E-state index is -0.152. The number of benzene rings is 1. The van der Waals surface area contributed by atoms with Crippen molar-refractivity contribution in [3.8, 4) is 0 Å². The molecule has 4 heteroatoms. The zero-order chi connectivity index (χ0) is 12.4. The monoisotopic (exact) mass is 271 g/mol. The second kappa shape index (κ2) is 5.28. The highest BCUT2D eigenvalue weighted by molar-refractivity contribution is 6.33. The molecule has 17 heavy (non-hydrogen) atoms. The van der Waals surface area contributed by atoms with Gasteiger partial charge in [0, 0.05) is 6.54 Å². The first-order valence-electron chi connectivity index (χ1n) is 5.76. The van der Waals surface area contributed by atoms with Crippen LogP contribution in [0.3, 0.4) is 0 Å². The first kappa shape index (κ1) is 12.7. The maximum absolute atomic E-state index is 11.9. The molecule has 0 radical (unpaired) electrons. The van der Waals surface area contributed by atoms with Gasteiger partial charge in [-0.15, -0.1) is 11.6 Å². The predicted molar refractivity (Wildman–Crippen MR) is 70.9 cm³/mol. The van der Waals surface area contributed by atoms with Gasteiger partial charge >= 0.3 is 0 Å². The predicted octanol–water partition coefficient (Wildman–Crippen LogP) is 3.40. The lowest BCUT2D eigenvalue weighted by molar-refractivity contribution is 0.0953. The van der Waals surface area contributed by atoms with Crippen LogP contribution in [-0.4, -0.2) is 17.8 Å². The van der Waals surface area contributed by atoms with Gasteiger partial charge in [-0.25, -0.2) is 0 Å². The van der Waals surface area contributed by atoms with Gasteiger partial charge in [0.25, 0.3) is 5.91 Å². The lowest BCUT2D eigenvalue weighted by Crippen LogP contribution is -2.30. The molecule has 1 aliphatic rings. The topological polar surface area (TPSA) is 29.1 Å². The van der Waals surface area contributed by atoms with Gasteiger partial charge in [-0.1, -0.05) is 17.7 Å². The molecule has 0 saturated heterocycles. The van der Waals surface area contributed by atoms with Gasteiger partial charge in [-0.3, -0.25) is 4.79 Å². The summed E-state index contributed by atoms with van der Waals surface area (Å²) < 4.78 is 0. The number of carbonyl (C=O) groups is 1. The van der Waals surface area contributed by atoms with Crippen molar-refractivity contribution in [3.05, 3.63) is 34.3 Å². The fourth-order valence-electron chi connectivity index (χ4n) is 1.71. The van der Waals surface area contributed by atoms with Crippen LogP contribution in [0.15, 0.2) is 18.2 Å². The van der Waals surface area contributed by atoms with Crippen molar-refractivity contribution in [2.45, 2.75) is 25.1 Å². The van der Waals surface area contributed by atoms with E-state index in [0.29, 0.717) is 23.0 Å². The van der Waals surface area contributed by atoms with Crippen molar-refractivity contribution in [2.24, 2.45) is 5.92 Å². The minimum absolute atomic E-state index is 0.0446. The summed E-state index contributed by atoms with van der Waals surface area (Å²) in [5.74, 6) is 0.423. The summed E-state index contributed by atoms with van der Waals surface area (Å²) in [6.07, 6.45) is 2.35. The van der Waals surface area contributed by atoms with Crippen molar-refractivity contribution >= 4 is 29.1 Å². The van der Waals surface area contributed by atoms with E-state index in [1.165, 1.54) is 12.8 Å². The summed E-state index contributed by atoms with van der Waals surface area (Å²) >= 11 is 12.1. The highest BCUT2D eigenvalue weighted by Gasteiger charge is 2.29.